The highest BCUT2D eigenvalue weighted by Crippen LogP contribution is 2.26. The SMILES string of the molecule is COc1cccc(Cn2nc(C)c3c(NC(=O)c4cnc5n4CCC5)[nH]nc32)c1. The summed E-state index contributed by atoms with van der Waals surface area (Å²) < 4.78 is 9.09. The average molecular weight is 391 g/mol. The second-order valence-electron chi connectivity index (χ2n) is 7.16. The van der Waals surface area contributed by atoms with E-state index < -0.39 is 0 Å². The van der Waals surface area contributed by atoms with E-state index in [-0.39, 0.29) is 5.91 Å². The molecule has 4 heterocycles. The van der Waals surface area contributed by atoms with Gasteiger partial charge in [0.1, 0.15) is 23.1 Å². The Labute approximate surface area is 166 Å². The highest BCUT2D eigenvalue weighted by molar-refractivity contribution is 6.07. The Morgan fingerprint density at radius 1 is 1.38 bits per heavy atom. The van der Waals surface area contributed by atoms with Gasteiger partial charge in [0.05, 0.1) is 30.9 Å². The lowest BCUT2D eigenvalue weighted by Gasteiger charge is -2.05. The Balaban J connectivity index is 1.43. The van der Waals surface area contributed by atoms with Crippen LogP contribution in [0.5, 0.6) is 5.75 Å². The van der Waals surface area contributed by atoms with Crippen molar-refractivity contribution in [3.63, 3.8) is 0 Å². The summed E-state index contributed by atoms with van der Waals surface area (Å²) in [7, 11) is 1.65. The van der Waals surface area contributed by atoms with Crippen LogP contribution in [-0.2, 0) is 19.5 Å². The standard InChI is InChI=1S/C20H21N7O2/c1-12-17-18(22-20(28)15-10-21-16-7-4-8-26(15)16)23-24-19(17)27(25-12)11-13-5-3-6-14(9-13)29-2/h3,5-6,9-10H,4,7-8,11H2,1-2H3,(H2,22,23,24,28). The van der Waals surface area contributed by atoms with E-state index in [0.29, 0.717) is 23.7 Å². The Morgan fingerprint density at radius 3 is 3.14 bits per heavy atom. The van der Waals surface area contributed by atoms with Crippen LogP contribution in [0, 0.1) is 6.92 Å². The van der Waals surface area contributed by atoms with Crippen molar-refractivity contribution < 1.29 is 9.53 Å². The minimum Gasteiger partial charge on any atom is -0.497 e. The van der Waals surface area contributed by atoms with Crippen LogP contribution in [0.3, 0.4) is 0 Å². The number of aromatic nitrogens is 6. The van der Waals surface area contributed by atoms with Crippen molar-refractivity contribution in [2.24, 2.45) is 0 Å². The van der Waals surface area contributed by atoms with E-state index in [4.69, 9.17) is 4.74 Å². The molecule has 0 atom stereocenters. The zero-order valence-electron chi connectivity index (χ0n) is 16.3. The maximum atomic E-state index is 12.8. The summed E-state index contributed by atoms with van der Waals surface area (Å²) in [6.07, 6.45) is 3.57. The summed E-state index contributed by atoms with van der Waals surface area (Å²) >= 11 is 0. The van der Waals surface area contributed by atoms with E-state index in [9.17, 15) is 4.79 Å². The van der Waals surface area contributed by atoms with Crippen LogP contribution in [0.4, 0.5) is 5.82 Å². The number of aromatic amines is 1. The minimum atomic E-state index is -0.198. The quantitative estimate of drug-likeness (QED) is 0.544. The van der Waals surface area contributed by atoms with Crippen molar-refractivity contribution >= 4 is 22.8 Å². The topological polar surface area (TPSA) is 103 Å². The van der Waals surface area contributed by atoms with Gasteiger partial charge >= 0.3 is 0 Å². The molecule has 2 N–H and O–H groups in total. The number of nitrogens with one attached hydrogen (secondary N) is 2. The largest absolute Gasteiger partial charge is 0.497 e. The average Bonchev–Trinajstić information content (AvgIpc) is 3.46. The summed E-state index contributed by atoms with van der Waals surface area (Å²) in [5.41, 5.74) is 3.11. The van der Waals surface area contributed by atoms with Crippen molar-refractivity contribution in [3.8, 4) is 5.75 Å². The third-order valence-corrected chi connectivity index (χ3v) is 5.28. The molecule has 4 aromatic rings. The molecule has 1 aliphatic heterocycles. The van der Waals surface area contributed by atoms with Crippen molar-refractivity contribution in [1.82, 2.24) is 29.5 Å². The molecule has 1 aliphatic rings. The molecule has 0 radical (unpaired) electrons. The molecule has 0 aliphatic carbocycles. The third-order valence-electron chi connectivity index (χ3n) is 5.28. The van der Waals surface area contributed by atoms with E-state index in [1.54, 1.807) is 13.3 Å². The molecular formula is C20H21N7O2. The van der Waals surface area contributed by atoms with Crippen molar-refractivity contribution in [2.45, 2.75) is 32.9 Å². The van der Waals surface area contributed by atoms with Gasteiger partial charge < -0.3 is 14.6 Å². The number of fused-ring (bicyclic) bond motifs is 2. The summed E-state index contributed by atoms with van der Waals surface area (Å²) in [6, 6.07) is 7.84. The van der Waals surface area contributed by atoms with Crippen LogP contribution in [0.25, 0.3) is 11.0 Å². The Kier molecular flexibility index (Phi) is 4.08. The third kappa shape index (κ3) is 2.95. The van der Waals surface area contributed by atoms with E-state index >= 15 is 0 Å². The molecule has 9 heteroatoms. The fourth-order valence-electron chi connectivity index (χ4n) is 3.90. The van der Waals surface area contributed by atoms with Gasteiger partial charge in [0.25, 0.3) is 5.91 Å². The maximum absolute atomic E-state index is 12.8. The molecule has 9 nitrogen and oxygen atoms in total. The number of rotatable bonds is 5. The molecule has 148 valence electrons. The molecule has 1 amide bonds. The van der Waals surface area contributed by atoms with Gasteiger partial charge in [0.15, 0.2) is 5.65 Å². The number of H-pyrrole nitrogens is 1. The highest BCUT2D eigenvalue weighted by atomic mass is 16.5. The molecule has 29 heavy (non-hydrogen) atoms. The molecular weight excluding hydrogens is 370 g/mol. The van der Waals surface area contributed by atoms with Gasteiger partial charge in [-0.3, -0.25) is 9.89 Å². The fourth-order valence-corrected chi connectivity index (χ4v) is 3.90. The molecule has 1 aromatic carbocycles. The second kappa shape index (κ2) is 6.77. The predicted molar refractivity (Wildman–Crippen MR) is 107 cm³/mol. The number of nitrogens with zero attached hydrogens (tertiary/aromatic N) is 5. The Morgan fingerprint density at radius 2 is 2.28 bits per heavy atom. The van der Waals surface area contributed by atoms with E-state index in [0.717, 1.165) is 47.6 Å². The lowest BCUT2D eigenvalue weighted by atomic mass is 10.2. The number of carbonyl (C=O) groups excluding carboxylic acids is 1. The van der Waals surface area contributed by atoms with Crippen LogP contribution in [-0.4, -0.2) is 42.5 Å². The first kappa shape index (κ1) is 17.5. The van der Waals surface area contributed by atoms with Gasteiger partial charge in [-0.1, -0.05) is 12.1 Å². The van der Waals surface area contributed by atoms with Crippen molar-refractivity contribution in [3.05, 3.63) is 53.2 Å². The lowest BCUT2D eigenvalue weighted by molar-refractivity contribution is 0.101. The van der Waals surface area contributed by atoms with Crippen LogP contribution in [0.15, 0.2) is 30.5 Å². The summed E-state index contributed by atoms with van der Waals surface area (Å²) in [4.78, 5) is 17.1. The molecule has 5 rings (SSSR count). The predicted octanol–water partition coefficient (Wildman–Crippen LogP) is 2.52. The number of carbonyl (C=O) groups is 1. The number of ether oxygens (including phenoxy) is 1. The number of methoxy groups -OCH3 is 1. The monoisotopic (exact) mass is 391 g/mol. The molecule has 0 unspecified atom stereocenters. The number of hydrogen-bond donors (Lipinski definition) is 2. The van der Waals surface area contributed by atoms with Gasteiger partial charge in [-0.15, -0.1) is 0 Å². The second-order valence-corrected chi connectivity index (χ2v) is 7.16. The molecule has 0 bridgehead atoms. The normalized spacial score (nSPS) is 13.0. The van der Waals surface area contributed by atoms with Gasteiger partial charge in [0, 0.05) is 13.0 Å². The fraction of sp³-hybridized carbons (Fsp3) is 0.300. The smallest absolute Gasteiger partial charge is 0.275 e. The van der Waals surface area contributed by atoms with Crippen LogP contribution in [0.2, 0.25) is 0 Å². The van der Waals surface area contributed by atoms with Gasteiger partial charge in [0.2, 0.25) is 0 Å². The van der Waals surface area contributed by atoms with Crippen LogP contribution in [0.1, 0.15) is 34.0 Å². The molecule has 0 fully saturated rings. The number of amides is 1. The summed E-state index contributed by atoms with van der Waals surface area (Å²) in [5.74, 6) is 2.11. The molecule has 0 spiro atoms. The first-order valence-electron chi connectivity index (χ1n) is 9.54. The zero-order valence-corrected chi connectivity index (χ0v) is 16.3. The number of imidazole rings is 1. The van der Waals surface area contributed by atoms with E-state index in [1.165, 1.54) is 0 Å². The number of anilines is 1. The lowest BCUT2D eigenvalue weighted by Crippen LogP contribution is -2.16. The first-order valence-corrected chi connectivity index (χ1v) is 9.54. The summed E-state index contributed by atoms with van der Waals surface area (Å²) in [5, 5.41) is 15.7. The molecule has 0 saturated heterocycles. The maximum Gasteiger partial charge on any atom is 0.275 e. The Hall–Kier alpha value is -3.62. The number of benzene rings is 1. The highest BCUT2D eigenvalue weighted by Gasteiger charge is 2.23. The van der Waals surface area contributed by atoms with Crippen molar-refractivity contribution in [1.29, 1.82) is 0 Å². The molecule has 0 saturated carbocycles. The van der Waals surface area contributed by atoms with Crippen molar-refractivity contribution in [2.75, 3.05) is 12.4 Å². The first-order chi connectivity index (χ1) is 14.1. The van der Waals surface area contributed by atoms with E-state index in [2.05, 4.69) is 25.6 Å². The molecule has 3 aromatic heterocycles. The summed E-state index contributed by atoms with van der Waals surface area (Å²) in [6.45, 7) is 3.29. The minimum absolute atomic E-state index is 0.198. The number of aryl methyl sites for hydroxylation is 2. The Bertz CT molecular complexity index is 1220. The van der Waals surface area contributed by atoms with Crippen LogP contribution < -0.4 is 10.1 Å². The van der Waals surface area contributed by atoms with Gasteiger partial charge in [-0.05, 0) is 31.0 Å². The number of hydrogen-bond acceptors (Lipinski definition) is 5. The van der Waals surface area contributed by atoms with E-state index in [1.807, 2.05) is 40.4 Å². The van der Waals surface area contributed by atoms with Gasteiger partial charge in [-0.2, -0.15) is 10.2 Å². The zero-order chi connectivity index (χ0) is 20.0. The van der Waals surface area contributed by atoms with Gasteiger partial charge in [-0.25, -0.2) is 9.67 Å². The van der Waals surface area contributed by atoms with Crippen LogP contribution >= 0.6 is 0 Å².